The first-order valence-corrected chi connectivity index (χ1v) is 10.2. The van der Waals surface area contributed by atoms with Crippen LogP contribution in [0.3, 0.4) is 0 Å². The number of hydrogen-bond acceptors (Lipinski definition) is 6. The zero-order valence-corrected chi connectivity index (χ0v) is 16.6. The zero-order valence-electron chi connectivity index (χ0n) is 15.1. The van der Waals surface area contributed by atoms with E-state index in [1.54, 1.807) is 53.8 Å². The highest BCUT2D eigenvalue weighted by Gasteiger charge is 2.48. The van der Waals surface area contributed by atoms with E-state index in [1.807, 2.05) is 17.5 Å². The van der Waals surface area contributed by atoms with Crippen molar-refractivity contribution in [3.05, 3.63) is 86.6 Å². The largest absolute Gasteiger partial charge is 0.454 e. The number of carbonyl (C=O) groups excluding carboxylic acids is 1. The summed E-state index contributed by atoms with van der Waals surface area (Å²) in [7, 11) is 0. The maximum atomic E-state index is 12.9. The van der Waals surface area contributed by atoms with Crippen LogP contribution in [0.25, 0.3) is 5.57 Å². The molecule has 29 heavy (non-hydrogen) atoms. The van der Waals surface area contributed by atoms with Crippen LogP contribution >= 0.6 is 22.9 Å². The fourth-order valence-corrected chi connectivity index (χ4v) is 4.43. The molecule has 3 aromatic rings. The molecule has 0 aliphatic carbocycles. The highest BCUT2D eigenvalue weighted by molar-refractivity contribution is 7.09. The molecule has 3 heterocycles. The minimum absolute atomic E-state index is 0.138. The van der Waals surface area contributed by atoms with Crippen molar-refractivity contribution in [3.63, 3.8) is 0 Å². The molecule has 2 aliphatic heterocycles. The molecule has 0 bridgehead atoms. The monoisotopic (exact) mass is 426 g/mol. The lowest BCUT2D eigenvalue weighted by atomic mass is 9.90. The molecule has 1 aromatic heterocycles. The molecule has 2 aromatic carbocycles. The Morgan fingerprint density at radius 2 is 1.86 bits per heavy atom. The van der Waals surface area contributed by atoms with Crippen LogP contribution in [-0.2, 0) is 21.7 Å². The lowest BCUT2D eigenvalue weighted by molar-refractivity contribution is -0.185. The summed E-state index contributed by atoms with van der Waals surface area (Å²) in [6, 6.07) is 15.8. The van der Waals surface area contributed by atoms with Crippen molar-refractivity contribution in [2.75, 3.05) is 6.79 Å². The standard InChI is InChI=1S/C22H15ClO5S/c23-15-6-4-14(5-7-15)22(25)17(11-16-2-1-9-29-16)20(21(24)28-22)13-3-8-18-19(10-13)27-12-26-18/h1-10,25H,11-12H2. The Labute approximate surface area is 175 Å². The van der Waals surface area contributed by atoms with E-state index in [-0.39, 0.29) is 6.79 Å². The van der Waals surface area contributed by atoms with Crippen molar-refractivity contribution >= 4 is 34.5 Å². The molecule has 1 atom stereocenters. The summed E-state index contributed by atoms with van der Waals surface area (Å²) in [6.45, 7) is 0.138. The molecule has 2 aliphatic rings. The van der Waals surface area contributed by atoms with E-state index in [1.165, 1.54) is 0 Å². The maximum Gasteiger partial charge on any atom is 0.342 e. The molecule has 5 nitrogen and oxygen atoms in total. The van der Waals surface area contributed by atoms with Gasteiger partial charge in [0.25, 0.3) is 5.79 Å². The van der Waals surface area contributed by atoms with Gasteiger partial charge >= 0.3 is 5.97 Å². The minimum Gasteiger partial charge on any atom is -0.454 e. The molecule has 0 amide bonds. The van der Waals surface area contributed by atoms with Gasteiger partial charge in [-0.15, -0.1) is 11.3 Å². The summed E-state index contributed by atoms with van der Waals surface area (Å²) >= 11 is 7.55. The van der Waals surface area contributed by atoms with Crippen molar-refractivity contribution in [3.8, 4) is 11.5 Å². The zero-order chi connectivity index (χ0) is 20.0. The van der Waals surface area contributed by atoms with Gasteiger partial charge in [0.2, 0.25) is 6.79 Å². The number of carbonyl (C=O) groups is 1. The first-order valence-electron chi connectivity index (χ1n) is 8.92. The fraction of sp³-hybridized carbons (Fsp3) is 0.136. The van der Waals surface area contributed by atoms with E-state index >= 15 is 0 Å². The number of aliphatic hydroxyl groups is 1. The van der Waals surface area contributed by atoms with E-state index in [9.17, 15) is 9.90 Å². The minimum atomic E-state index is -1.88. The number of benzene rings is 2. The summed E-state index contributed by atoms with van der Waals surface area (Å²) in [5.74, 6) is -1.29. The molecule has 1 unspecified atom stereocenters. The van der Waals surface area contributed by atoms with Crippen LogP contribution in [0, 0.1) is 0 Å². The highest BCUT2D eigenvalue weighted by atomic mass is 35.5. The average Bonchev–Trinajstić information content (AvgIpc) is 3.43. The normalized spacial score (nSPS) is 20.3. The smallest absolute Gasteiger partial charge is 0.342 e. The SMILES string of the molecule is O=C1OC(O)(c2ccc(Cl)cc2)C(Cc2cccs2)=C1c1ccc2c(c1)OCO2. The second-order valence-electron chi connectivity index (χ2n) is 6.72. The molecule has 146 valence electrons. The third-order valence-electron chi connectivity index (χ3n) is 4.98. The van der Waals surface area contributed by atoms with Gasteiger partial charge in [0.1, 0.15) is 0 Å². The number of halogens is 1. The van der Waals surface area contributed by atoms with Gasteiger partial charge in [-0.3, -0.25) is 0 Å². The predicted octanol–water partition coefficient (Wildman–Crippen LogP) is 4.53. The van der Waals surface area contributed by atoms with Crippen LogP contribution in [0.2, 0.25) is 5.02 Å². The van der Waals surface area contributed by atoms with Gasteiger partial charge in [0, 0.05) is 27.5 Å². The lowest BCUT2D eigenvalue weighted by Crippen LogP contribution is -2.29. The van der Waals surface area contributed by atoms with Gasteiger partial charge in [-0.1, -0.05) is 35.9 Å². The molecule has 7 heteroatoms. The van der Waals surface area contributed by atoms with Gasteiger partial charge in [-0.25, -0.2) is 4.79 Å². The summed E-state index contributed by atoms with van der Waals surface area (Å²) < 4.78 is 16.4. The summed E-state index contributed by atoms with van der Waals surface area (Å²) in [5.41, 5.74) is 1.86. The van der Waals surface area contributed by atoms with Crippen LogP contribution in [0.5, 0.6) is 11.5 Å². The van der Waals surface area contributed by atoms with Gasteiger partial charge in [-0.05, 0) is 41.3 Å². The molecule has 5 rings (SSSR count). The van der Waals surface area contributed by atoms with Crippen molar-refractivity contribution < 1.29 is 24.1 Å². The molecule has 0 spiro atoms. The molecule has 0 radical (unpaired) electrons. The van der Waals surface area contributed by atoms with Crippen molar-refractivity contribution in [1.29, 1.82) is 0 Å². The van der Waals surface area contributed by atoms with Gasteiger partial charge < -0.3 is 19.3 Å². The van der Waals surface area contributed by atoms with Crippen LogP contribution < -0.4 is 9.47 Å². The van der Waals surface area contributed by atoms with Gasteiger partial charge in [-0.2, -0.15) is 0 Å². The molecular formula is C22H15ClO5S. The van der Waals surface area contributed by atoms with E-state index in [4.69, 9.17) is 25.8 Å². The lowest BCUT2D eigenvalue weighted by Gasteiger charge is -2.25. The van der Waals surface area contributed by atoms with Gasteiger partial charge in [0.15, 0.2) is 11.5 Å². The second kappa shape index (κ2) is 6.91. The molecule has 1 N–H and O–H groups in total. The van der Waals surface area contributed by atoms with Crippen molar-refractivity contribution in [2.24, 2.45) is 0 Å². The topological polar surface area (TPSA) is 65.0 Å². The van der Waals surface area contributed by atoms with Crippen LogP contribution in [0.1, 0.15) is 16.0 Å². The molecule has 0 saturated carbocycles. The first-order chi connectivity index (χ1) is 14.0. The third-order valence-corrected chi connectivity index (χ3v) is 6.11. The maximum absolute atomic E-state index is 12.9. The van der Waals surface area contributed by atoms with Crippen LogP contribution in [0.15, 0.2) is 65.6 Å². The molecule has 0 saturated heterocycles. The summed E-state index contributed by atoms with van der Waals surface area (Å²) in [5, 5.41) is 14.0. The van der Waals surface area contributed by atoms with Gasteiger partial charge in [0.05, 0.1) is 5.57 Å². The Hall–Kier alpha value is -2.80. The number of cyclic esters (lactones) is 1. The Balaban J connectivity index is 1.68. The first kappa shape index (κ1) is 18.2. The highest BCUT2D eigenvalue weighted by Crippen LogP contribution is 2.46. The number of rotatable bonds is 4. The number of fused-ring (bicyclic) bond motifs is 1. The number of hydrogen-bond donors (Lipinski definition) is 1. The molecular weight excluding hydrogens is 412 g/mol. The van der Waals surface area contributed by atoms with E-state index in [0.29, 0.717) is 45.2 Å². The van der Waals surface area contributed by atoms with E-state index in [0.717, 1.165) is 4.88 Å². The Kier molecular flexibility index (Phi) is 4.35. The van der Waals surface area contributed by atoms with E-state index in [2.05, 4.69) is 0 Å². The second-order valence-corrected chi connectivity index (χ2v) is 8.19. The van der Waals surface area contributed by atoms with Crippen LogP contribution in [-0.4, -0.2) is 17.9 Å². The fourth-order valence-electron chi connectivity index (χ4n) is 3.59. The Bertz CT molecular complexity index is 1120. The predicted molar refractivity (Wildman–Crippen MR) is 109 cm³/mol. The van der Waals surface area contributed by atoms with Crippen molar-refractivity contribution in [2.45, 2.75) is 12.2 Å². The Morgan fingerprint density at radius 3 is 2.62 bits per heavy atom. The third kappa shape index (κ3) is 3.09. The van der Waals surface area contributed by atoms with E-state index < -0.39 is 11.8 Å². The number of thiophene rings is 1. The van der Waals surface area contributed by atoms with Crippen LogP contribution in [0.4, 0.5) is 0 Å². The molecule has 0 fully saturated rings. The average molecular weight is 427 g/mol. The summed E-state index contributed by atoms with van der Waals surface area (Å²) in [6.07, 6.45) is 0.367. The Morgan fingerprint density at radius 1 is 1.07 bits per heavy atom. The van der Waals surface area contributed by atoms with Crippen molar-refractivity contribution in [1.82, 2.24) is 0 Å². The number of esters is 1. The number of ether oxygens (including phenoxy) is 3. The quantitative estimate of drug-likeness (QED) is 0.621. The summed E-state index contributed by atoms with van der Waals surface area (Å²) in [4.78, 5) is 13.9.